The maximum absolute atomic E-state index is 5.11. The van der Waals surface area contributed by atoms with Gasteiger partial charge in [0.05, 0.1) is 11.9 Å². The first-order valence-electron chi connectivity index (χ1n) is 4.54. The quantitative estimate of drug-likeness (QED) is 0.678. The summed E-state index contributed by atoms with van der Waals surface area (Å²) in [7, 11) is 0. The third-order valence-corrected chi connectivity index (χ3v) is 1.89. The molecule has 0 aromatic carbocycles. The topological polar surface area (TPSA) is 52.1 Å². The fourth-order valence-corrected chi connectivity index (χ4v) is 1.19. The number of aromatic nitrogens is 2. The van der Waals surface area contributed by atoms with Crippen molar-refractivity contribution in [2.75, 3.05) is 0 Å². The fraction of sp³-hybridized carbons (Fsp3) is 0.300. The van der Waals surface area contributed by atoms with Gasteiger partial charge in [0.1, 0.15) is 12.5 Å². The Morgan fingerprint density at radius 2 is 2.36 bits per heavy atom. The zero-order valence-corrected chi connectivity index (χ0v) is 7.72. The van der Waals surface area contributed by atoms with Gasteiger partial charge in [-0.15, -0.1) is 0 Å². The number of hydrogen-bond acceptors (Lipinski definition) is 4. The van der Waals surface area contributed by atoms with Gasteiger partial charge >= 0.3 is 0 Å². The molecule has 2 heterocycles. The molecule has 0 aliphatic heterocycles. The number of nitrogens with zero attached hydrogens (tertiary/aromatic N) is 2. The van der Waals surface area contributed by atoms with Crippen LogP contribution in [-0.4, -0.2) is 10.1 Å². The lowest BCUT2D eigenvalue weighted by Gasteiger charge is -1.94. The normalized spacial score (nSPS) is 10.6. The summed E-state index contributed by atoms with van der Waals surface area (Å²) in [5, 5.41) is 3.81. The van der Waals surface area contributed by atoms with Crippen LogP contribution in [0.3, 0.4) is 0 Å². The number of unbranched alkanes of at least 4 members (excludes halogenated alkanes) is 1. The molecule has 0 unspecified atom stereocenters. The SMILES string of the molecule is [CH](CCc1ncco1)Cc1ccon1. The summed E-state index contributed by atoms with van der Waals surface area (Å²) in [5.74, 6) is 0.779. The van der Waals surface area contributed by atoms with E-state index in [0.717, 1.165) is 30.8 Å². The molecule has 14 heavy (non-hydrogen) atoms. The van der Waals surface area contributed by atoms with Crippen LogP contribution in [0.15, 0.2) is 33.7 Å². The summed E-state index contributed by atoms with van der Waals surface area (Å²) in [6.07, 6.45) is 9.58. The zero-order chi connectivity index (χ0) is 9.64. The Labute approximate surface area is 81.9 Å². The lowest BCUT2D eigenvalue weighted by Crippen LogP contribution is -1.90. The molecule has 4 nitrogen and oxygen atoms in total. The molecule has 2 aromatic heterocycles. The van der Waals surface area contributed by atoms with Gasteiger partial charge in [-0.1, -0.05) is 5.16 Å². The van der Waals surface area contributed by atoms with Crippen molar-refractivity contribution in [3.05, 3.63) is 42.8 Å². The van der Waals surface area contributed by atoms with E-state index in [4.69, 9.17) is 8.94 Å². The minimum absolute atomic E-state index is 0.779. The van der Waals surface area contributed by atoms with Crippen LogP contribution in [0.5, 0.6) is 0 Å². The molecule has 0 saturated carbocycles. The second-order valence-electron chi connectivity index (χ2n) is 2.95. The maximum Gasteiger partial charge on any atom is 0.193 e. The smallest absolute Gasteiger partial charge is 0.193 e. The summed E-state index contributed by atoms with van der Waals surface area (Å²) in [6, 6.07) is 1.86. The van der Waals surface area contributed by atoms with Gasteiger partial charge in [0.25, 0.3) is 0 Å². The Balaban J connectivity index is 1.65. The van der Waals surface area contributed by atoms with Crippen LogP contribution >= 0.6 is 0 Å². The molecule has 2 rings (SSSR count). The molecular weight excluding hydrogens is 180 g/mol. The Kier molecular flexibility index (Phi) is 2.95. The highest BCUT2D eigenvalue weighted by Crippen LogP contribution is 2.05. The number of hydrogen-bond donors (Lipinski definition) is 0. The van der Waals surface area contributed by atoms with Gasteiger partial charge in [-0.25, -0.2) is 4.98 Å². The van der Waals surface area contributed by atoms with Crippen LogP contribution in [0.25, 0.3) is 0 Å². The molecule has 73 valence electrons. The van der Waals surface area contributed by atoms with Gasteiger partial charge in [-0.05, 0) is 19.3 Å². The number of oxazole rings is 1. The molecule has 0 atom stereocenters. The first kappa shape index (κ1) is 8.99. The van der Waals surface area contributed by atoms with E-state index in [1.165, 1.54) is 0 Å². The highest BCUT2D eigenvalue weighted by atomic mass is 16.5. The molecule has 0 aliphatic carbocycles. The highest BCUT2D eigenvalue weighted by Gasteiger charge is 1.99. The van der Waals surface area contributed by atoms with Gasteiger partial charge in [-0.2, -0.15) is 0 Å². The Morgan fingerprint density at radius 3 is 3.07 bits per heavy atom. The van der Waals surface area contributed by atoms with Gasteiger partial charge in [0.15, 0.2) is 5.89 Å². The first-order valence-corrected chi connectivity index (χ1v) is 4.54. The summed E-state index contributed by atoms with van der Waals surface area (Å²) in [5.41, 5.74) is 0.956. The molecule has 0 spiro atoms. The van der Waals surface area contributed by atoms with Gasteiger partial charge in [-0.3, -0.25) is 0 Å². The van der Waals surface area contributed by atoms with Gasteiger partial charge in [0, 0.05) is 12.5 Å². The monoisotopic (exact) mass is 191 g/mol. The Hall–Kier alpha value is -1.58. The van der Waals surface area contributed by atoms with E-state index in [0.29, 0.717) is 0 Å². The Morgan fingerprint density at radius 1 is 1.36 bits per heavy atom. The largest absolute Gasteiger partial charge is 0.449 e. The predicted octanol–water partition coefficient (Wildman–Crippen LogP) is 2.04. The van der Waals surface area contributed by atoms with E-state index < -0.39 is 0 Å². The van der Waals surface area contributed by atoms with Crippen LogP contribution in [-0.2, 0) is 12.8 Å². The second kappa shape index (κ2) is 4.60. The predicted molar refractivity (Wildman–Crippen MR) is 49.3 cm³/mol. The number of rotatable bonds is 5. The fourth-order valence-electron chi connectivity index (χ4n) is 1.19. The Bertz CT molecular complexity index is 304. The van der Waals surface area contributed by atoms with E-state index in [1.54, 1.807) is 18.7 Å². The van der Waals surface area contributed by atoms with Gasteiger partial charge in [0.2, 0.25) is 0 Å². The molecule has 1 radical (unpaired) electrons. The molecule has 0 N–H and O–H groups in total. The molecule has 0 saturated heterocycles. The zero-order valence-electron chi connectivity index (χ0n) is 7.72. The molecular formula is C10H11N2O2. The average molecular weight is 191 g/mol. The summed E-state index contributed by atoms with van der Waals surface area (Å²) >= 11 is 0. The lowest BCUT2D eigenvalue weighted by atomic mass is 10.1. The van der Waals surface area contributed by atoms with Crippen molar-refractivity contribution in [3.8, 4) is 0 Å². The average Bonchev–Trinajstić information content (AvgIpc) is 2.86. The first-order chi connectivity index (χ1) is 6.95. The maximum atomic E-state index is 5.11. The summed E-state index contributed by atoms with van der Waals surface area (Å²) in [4.78, 5) is 4.03. The van der Waals surface area contributed by atoms with Crippen LogP contribution in [0.2, 0.25) is 0 Å². The third-order valence-electron chi connectivity index (χ3n) is 1.89. The number of aryl methyl sites for hydroxylation is 1. The molecule has 0 amide bonds. The molecule has 0 fully saturated rings. The highest BCUT2D eigenvalue weighted by molar-refractivity contribution is 4.99. The molecule has 0 bridgehead atoms. The second-order valence-corrected chi connectivity index (χ2v) is 2.95. The van der Waals surface area contributed by atoms with Crippen molar-refractivity contribution in [2.24, 2.45) is 0 Å². The van der Waals surface area contributed by atoms with Crippen molar-refractivity contribution in [1.29, 1.82) is 0 Å². The van der Waals surface area contributed by atoms with Crippen molar-refractivity contribution < 1.29 is 8.94 Å². The van der Waals surface area contributed by atoms with Crippen molar-refractivity contribution >= 4 is 0 Å². The van der Waals surface area contributed by atoms with E-state index in [2.05, 4.69) is 16.6 Å². The molecule has 0 aliphatic rings. The molecule has 2 aromatic rings. The van der Waals surface area contributed by atoms with Crippen molar-refractivity contribution in [2.45, 2.75) is 19.3 Å². The van der Waals surface area contributed by atoms with Gasteiger partial charge < -0.3 is 8.94 Å². The van der Waals surface area contributed by atoms with E-state index in [1.807, 2.05) is 6.07 Å². The third kappa shape index (κ3) is 2.45. The summed E-state index contributed by atoms with van der Waals surface area (Å²) in [6.45, 7) is 0. The molecule has 4 heteroatoms. The van der Waals surface area contributed by atoms with Crippen molar-refractivity contribution in [1.82, 2.24) is 10.1 Å². The lowest BCUT2D eigenvalue weighted by molar-refractivity contribution is 0.412. The van der Waals surface area contributed by atoms with E-state index in [-0.39, 0.29) is 0 Å². The standard InChI is InChI=1S/C10H11N2O2/c1(3-9-5-7-14-12-9)2-4-10-11-6-8-13-10/h1,5-8H,2-4H2. The van der Waals surface area contributed by atoms with Crippen LogP contribution in [0.1, 0.15) is 18.0 Å². The van der Waals surface area contributed by atoms with E-state index in [9.17, 15) is 0 Å². The van der Waals surface area contributed by atoms with Crippen molar-refractivity contribution in [3.63, 3.8) is 0 Å². The minimum atomic E-state index is 0.779. The van der Waals surface area contributed by atoms with Crippen LogP contribution in [0, 0.1) is 6.42 Å². The van der Waals surface area contributed by atoms with Crippen LogP contribution in [0.4, 0.5) is 0 Å². The summed E-state index contributed by atoms with van der Waals surface area (Å²) < 4.78 is 9.82. The minimum Gasteiger partial charge on any atom is -0.449 e. The van der Waals surface area contributed by atoms with Crippen LogP contribution < -0.4 is 0 Å². The van der Waals surface area contributed by atoms with E-state index >= 15 is 0 Å².